The Morgan fingerprint density at radius 2 is 1.68 bits per heavy atom. The second kappa shape index (κ2) is 7.46. The number of rotatable bonds is 6. The fourth-order valence-electron chi connectivity index (χ4n) is 5.82. The smallest absolute Gasteiger partial charge is 0.328 e. The van der Waals surface area contributed by atoms with Gasteiger partial charge >= 0.3 is 5.97 Å². The molecule has 148 valence electrons. The average Bonchev–Trinajstić information content (AvgIpc) is 2.68. The fraction of sp³-hybridized carbons (Fsp3) is 0.478. The zero-order valence-corrected chi connectivity index (χ0v) is 16.3. The lowest BCUT2D eigenvalue weighted by Crippen LogP contribution is -2.41. The summed E-state index contributed by atoms with van der Waals surface area (Å²) in [4.78, 5) is 22.7. The largest absolute Gasteiger partial charge is 0.496 e. The van der Waals surface area contributed by atoms with Crippen LogP contribution >= 0.6 is 0 Å². The molecule has 1 N–H and O–H groups in total. The highest BCUT2D eigenvalue weighted by Gasteiger charge is 2.46. The van der Waals surface area contributed by atoms with Gasteiger partial charge in [0.25, 0.3) is 0 Å². The third kappa shape index (κ3) is 3.23. The number of benzene rings is 1. The van der Waals surface area contributed by atoms with Gasteiger partial charge in [0.1, 0.15) is 11.5 Å². The van der Waals surface area contributed by atoms with Crippen LogP contribution in [0.15, 0.2) is 23.8 Å². The van der Waals surface area contributed by atoms with Crippen LogP contribution in [0.3, 0.4) is 0 Å². The van der Waals surface area contributed by atoms with E-state index < -0.39 is 5.97 Å². The highest BCUT2D eigenvalue weighted by atomic mass is 16.5. The Morgan fingerprint density at radius 3 is 2.18 bits per heavy atom. The zero-order valence-electron chi connectivity index (χ0n) is 16.3. The minimum absolute atomic E-state index is 0.490. The molecule has 5 heteroatoms. The summed E-state index contributed by atoms with van der Waals surface area (Å²) in [7, 11) is 3.22. The van der Waals surface area contributed by atoms with Gasteiger partial charge < -0.3 is 14.6 Å². The molecule has 4 fully saturated rings. The lowest BCUT2D eigenvalue weighted by atomic mass is 9.54. The molecule has 1 aromatic carbocycles. The van der Waals surface area contributed by atoms with E-state index in [0.717, 1.165) is 35.5 Å². The maximum Gasteiger partial charge on any atom is 0.328 e. The normalized spacial score (nSPS) is 27.9. The Hall–Kier alpha value is -2.56. The van der Waals surface area contributed by atoms with Crippen LogP contribution < -0.4 is 4.74 Å². The first-order valence-corrected chi connectivity index (χ1v) is 9.90. The lowest BCUT2D eigenvalue weighted by molar-refractivity contribution is -0.131. The van der Waals surface area contributed by atoms with Gasteiger partial charge in [-0.25, -0.2) is 4.79 Å². The summed E-state index contributed by atoms with van der Waals surface area (Å²) >= 11 is 0. The number of carbonyl (C=O) groups excluding carboxylic acids is 1. The SMILES string of the molecule is COC(=C1C2CC3CC(C2)CC1C3)c1cc(OC)c(/C=C/C(=O)O)cc1C=O. The Balaban J connectivity index is 1.82. The van der Waals surface area contributed by atoms with Crippen molar-refractivity contribution < 1.29 is 24.2 Å². The molecule has 0 unspecified atom stereocenters. The van der Waals surface area contributed by atoms with Crippen LogP contribution in [0.4, 0.5) is 0 Å². The van der Waals surface area contributed by atoms with E-state index in [9.17, 15) is 9.59 Å². The Labute approximate surface area is 165 Å². The number of carbonyl (C=O) groups is 2. The third-order valence-electron chi connectivity index (χ3n) is 6.66. The van der Waals surface area contributed by atoms with Crippen LogP contribution in [0, 0.1) is 23.7 Å². The molecule has 0 aromatic heterocycles. The number of ether oxygens (including phenoxy) is 2. The maximum absolute atomic E-state index is 11.9. The molecule has 0 saturated heterocycles. The standard InChI is InChI=1S/C23H26O5/c1-27-20-11-19(18(12-24)10-15(20)3-4-21(25)26)23(28-2)22-16-6-13-5-14(8-16)9-17(22)7-13/h3-4,10-14,16-17H,5-9H2,1-2H3,(H,25,26)/b4-3+,23-22?. The molecule has 4 saturated carbocycles. The van der Waals surface area contributed by atoms with Crippen LogP contribution in [0.25, 0.3) is 11.8 Å². The van der Waals surface area contributed by atoms with Crippen molar-refractivity contribution >= 4 is 24.1 Å². The molecule has 0 radical (unpaired) electrons. The quantitative estimate of drug-likeness (QED) is 0.448. The molecule has 4 aliphatic rings. The number of aliphatic carboxylic acids is 1. The zero-order chi connectivity index (χ0) is 19.8. The monoisotopic (exact) mass is 382 g/mol. The first kappa shape index (κ1) is 18.8. The molecule has 1 aromatic rings. The lowest BCUT2D eigenvalue weighted by Gasteiger charge is -2.51. The Kier molecular flexibility index (Phi) is 5.00. The summed E-state index contributed by atoms with van der Waals surface area (Å²) in [6.07, 6.45) is 9.57. The van der Waals surface area contributed by atoms with Crippen LogP contribution in [0.5, 0.6) is 5.75 Å². The molecule has 5 rings (SSSR count). The number of methoxy groups -OCH3 is 2. The first-order chi connectivity index (χ1) is 13.5. The van der Waals surface area contributed by atoms with Gasteiger partial charge in [0.15, 0.2) is 6.29 Å². The predicted molar refractivity (Wildman–Crippen MR) is 106 cm³/mol. The van der Waals surface area contributed by atoms with Gasteiger partial charge in [0, 0.05) is 22.8 Å². The second-order valence-corrected chi connectivity index (χ2v) is 8.26. The molecular weight excluding hydrogens is 356 g/mol. The van der Waals surface area contributed by atoms with E-state index in [-0.39, 0.29) is 0 Å². The first-order valence-electron chi connectivity index (χ1n) is 9.90. The molecule has 28 heavy (non-hydrogen) atoms. The van der Waals surface area contributed by atoms with Crippen molar-refractivity contribution in [3.8, 4) is 5.75 Å². The van der Waals surface area contributed by atoms with Gasteiger partial charge in [-0.3, -0.25) is 4.79 Å². The van der Waals surface area contributed by atoms with E-state index in [1.165, 1.54) is 43.8 Å². The van der Waals surface area contributed by atoms with E-state index in [1.807, 2.05) is 6.07 Å². The molecule has 0 spiro atoms. The second-order valence-electron chi connectivity index (χ2n) is 8.26. The molecule has 4 aliphatic carbocycles. The average molecular weight is 382 g/mol. The number of carboxylic acids is 1. The summed E-state index contributed by atoms with van der Waals surface area (Å²) in [6, 6.07) is 3.48. The van der Waals surface area contributed by atoms with Crippen molar-refractivity contribution in [2.24, 2.45) is 23.7 Å². The number of aldehydes is 1. The van der Waals surface area contributed by atoms with Crippen molar-refractivity contribution in [2.75, 3.05) is 14.2 Å². The predicted octanol–water partition coefficient (Wildman–Crippen LogP) is 4.42. The highest BCUT2D eigenvalue weighted by Crippen LogP contribution is 2.58. The van der Waals surface area contributed by atoms with Crippen LogP contribution in [0.2, 0.25) is 0 Å². The fourth-order valence-corrected chi connectivity index (χ4v) is 5.82. The number of hydrogen-bond donors (Lipinski definition) is 1. The summed E-state index contributed by atoms with van der Waals surface area (Å²) in [5, 5.41) is 8.91. The summed E-state index contributed by atoms with van der Waals surface area (Å²) in [5.74, 6) is 3.06. The molecule has 0 aliphatic heterocycles. The number of allylic oxidation sites excluding steroid dienone is 1. The molecule has 0 heterocycles. The molecule has 4 bridgehead atoms. The summed E-state index contributed by atoms with van der Waals surface area (Å²) in [5.41, 5.74) is 3.16. The van der Waals surface area contributed by atoms with Crippen LogP contribution in [0.1, 0.15) is 53.6 Å². The third-order valence-corrected chi connectivity index (χ3v) is 6.66. The van der Waals surface area contributed by atoms with E-state index in [0.29, 0.717) is 28.7 Å². The number of hydrogen-bond acceptors (Lipinski definition) is 4. The van der Waals surface area contributed by atoms with E-state index in [4.69, 9.17) is 14.6 Å². The molecule has 5 nitrogen and oxygen atoms in total. The Morgan fingerprint density at radius 1 is 1.04 bits per heavy atom. The van der Waals surface area contributed by atoms with Gasteiger partial charge in [-0.2, -0.15) is 0 Å². The van der Waals surface area contributed by atoms with Gasteiger partial charge in [-0.05, 0) is 79.6 Å². The molecular formula is C23H26O5. The van der Waals surface area contributed by atoms with Crippen molar-refractivity contribution in [3.63, 3.8) is 0 Å². The van der Waals surface area contributed by atoms with Gasteiger partial charge in [0.05, 0.1) is 14.2 Å². The minimum Gasteiger partial charge on any atom is -0.496 e. The van der Waals surface area contributed by atoms with Crippen LogP contribution in [-0.2, 0) is 9.53 Å². The number of carboxylic acid groups (broad SMARTS) is 1. The van der Waals surface area contributed by atoms with Crippen molar-refractivity contribution in [3.05, 3.63) is 40.5 Å². The van der Waals surface area contributed by atoms with Crippen LogP contribution in [-0.4, -0.2) is 31.6 Å². The summed E-state index contributed by atoms with van der Waals surface area (Å²) in [6.45, 7) is 0. The van der Waals surface area contributed by atoms with Gasteiger partial charge in [0.2, 0.25) is 0 Å². The molecule has 0 amide bonds. The summed E-state index contributed by atoms with van der Waals surface area (Å²) < 4.78 is 11.4. The van der Waals surface area contributed by atoms with Crippen molar-refractivity contribution in [1.29, 1.82) is 0 Å². The van der Waals surface area contributed by atoms with E-state index in [2.05, 4.69) is 0 Å². The Bertz CT molecular complexity index is 834. The van der Waals surface area contributed by atoms with Gasteiger partial charge in [-0.1, -0.05) is 0 Å². The van der Waals surface area contributed by atoms with Gasteiger partial charge in [-0.15, -0.1) is 0 Å². The topological polar surface area (TPSA) is 72.8 Å². The molecule has 0 atom stereocenters. The highest BCUT2D eigenvalue weighted by molar-refractivity contribution is 5.90. The minimum atomic E-state index is -1.05. The van der Waals surface area contributed by atoms with Crippen molar-refractivity contribution in [1.82, 2.24) is 0 Å². The van der Waals surface area contributed by atoms with E-state index in [1.54, 1.807) is 20.3 Å². The van der Waals surface area contributed by atoms with Crippen molar-refractivity contribution in [2.45, 2.75) is 32.1 Å². The maximum atomic E-state index is 11.9. The van der Waals surface area contributed by atoms with E-state index >= 15 is 0 Å².